The molecule has 6 nitrogen and oxygen atoms in total. The fourth-order valence-corrected chi connectivity index (χ4v) is 5.10. The van der Waals surface area contributed by atoms with Gasteiger partial charge in [-0.15, -0.1) is 0 Å². The van der Waals surface area contributed by atoms with Crippen molar-refractivity contribution in [3.05, 3.63) is 65.4 Å². The van der Waals surface area contributed by atoms with Gasteiger partial charge in [-0.25, -0.2) is 0 Å². The van der Waals surface area contributed by atoms with Crippen LogP contribution in [0, 0.1) is 5.92 Å². The fourth-order valence-electron chi connectivity index (χ4n) is 5.10. The lowest BCUT2D eigenvalue weighted by molar-refractivity contribution is -0.134. The van der Waals surface area contributed by atoms with Crippen molar-refractivity contribution >= 4 is 28.4 Å². The molecule has 0 radical (unpaired) electrons. The van der Waals surface area contributed by atoms with E-state index in [1.807, 2.05) is 21.9 Å². The van der Waals surface area contributed by atoms with Crippen LogP contribution in [0.25, 0.3) is 10.9 Å². The summed E-state index contributed by atoms with van der Waals surface area (Å²) >= 11 is 0. The number of para-hydroxylation sites is 1. The maximum atomic E-state index is 13.0. The molecule has 6 rings (SSSR count). The van der Waals surface area contributed by atoms with E-state index in [1.165, 1.54) is 22.2 Å². The van der Waals surface area contributed by atoms with Gasteiger partial charge in [-0.05, 0) is 43.2 Å². The smallest absolute Gasteiger partial charge is 0.253 e. The summed E-state index contributed by atoms with van der Waals surface area (Å²) in [6.45, 7) is 4.39. The number of fused-ring (bicyclic) bond motifs is 3. The number of hydrogen-bond acceptors (Lipinski definition) is 3. The number of nitrogens with one attached hydrogen (secondary N) is 1. The molecule has 1 N–H and O–H groups in total. The molecule has 3 heterocycles. The van der Waals surface area contributed by atoms with Gasteiger partial charge in [0.25, 0.3) is 5.91 Å². The van der Waals surface area contributed by atoms with Crippen molar-refractivity contribution in [3.63, 3.8) is 0 Å². The summed E-state index contributed by atoms with van der Waals surface area (Å²) in [6, 6.07) is 16.5. The molecule has 164 valence electrons. The molecule has 3 aliphatic rings. The minimum absolute atomic E-state index is 0.0626. The van der Waals surface area contributed by atoms with Crippen LogP contribution in [0.15, 0.2) is 48.5 Å². The number of piperazine rings is 1. The number of anilines is 1. The Hall–Kier alpha value is -3.28. The molecule has 32 heavy (non-hydrogen) atoms. The minimum Gasteiger partial charge on any atom is -0.367 e. The van der Waals surface area contributed by atoms with Crippen molar-refractivity contribution < 1.29 is 9.59 Å². The van der Waals surface area contributed by atoms with Crippen molar-refractivity contribution in [1.82, 2.24) is 14.8 Å². The van der Waals surface area contributed by atoms with Gasteiger partial charge in [0, 0.05) is 85.0 Å². The lowest BCUT2D eigenvalue weighted by atomic mass is 10.0. The Labute approximate surface area is 187 Å². The molecule has 3 aromatic rings. The van der Waals surface area contributed by atoms with E-state index in [9.17, 15) is 9.59 Å². The molecule has 0 unspecified atom stereocenters. The van der Waals surface area contributed by atoms with E-state index in [-0.39, 0.29) is 17.7 Å². The van der Waals surface area contributed by atoms with Crippen LogP contribution in [0.3, 0.4) is 0 Å². The minimum atomic E-state index is 0.0626. The Morgan fingerprint density at radius 3 is 2.31 bits per heavy atom. The van der Waals surface area contributed by atoms with Crippen LogP contribution >= 0.6 is 0 Å². The zero-order valence-electron chi connectivity index (χ0n) is 18.2. The van der Waals surface area contributed by atoms with Crippen LogP contribution < -0.4 is 4.90 Å². The number of benzene rings is 2. The molecule has 0 spiro atoms. The number of hydrogen-bond donors (Lipinski definition) is 1. The quantitative estimate of drug-likeness (QED) is 0.695. The van der Waals surface area contributed by atoms with Crippen LogP contribution in [-0.2, 0) is 17.8 Å². The number of nitrogens with zero attached hydrogens (tertiary/aromatic N) is 3. The normalized spacial score (nSPS) is 18.7. The number of carbonyl (C=O) groups is 2. The van der Waals surface area contributed by atoms with Crippen molar-refractivity contribution in [2.45, 2.75) is 25.8 Å². The van der Waals surface area contributed by atoms with Crippen molar-refractivity contribution in [2.75, 3.05) is 37.6 Å². The van der Waals surface area contributed by atoms with Gasteiger partial charge in [-0.2, -0.15) is 0 Å². The molecule has 6 heteroatoms. The first-order valence-electron chi connectivity index (χ1n) is 11.7. The third-order valence-electron chi connectivity index (χ3n) is 7.17. The van der Waals surface area contributed by atoms with E-state index in [2.05, 4.69) is 46.3 Å². The van der Waals surface area contributed by atoms with Crippen LogP contribution in [0.5, 0.6) is 0 Å². The summed E-state index contributed by atoms with van der Waals surface area (Å²) in [4.78, 5) is 35.0. The number of H-pyrrole nitrogens is 1. The molecular formula is C26H28N4O2. The molecule has 1 saturated carbocycles. The highest BCUT2D eigenvalue weighted by atomic mass is 16.2. The van der Waals surface area contributed by atoms with E-state index in [0.717, 1.165) is 43.6 Å². The van der Waals surface area contributed by atoms with Gasteiger partial charge in [0.05, 0.1) is 0 Å². The first-order valence-corrected chi connectivity index (χ1v) is 11.7. The first kappa shape index (κ1) is 19.4. The molecule has 1 saturated heterocycles. The standard InChI is InChI=1S/C26H28N4O2/c31-25(18-5-6-18)28-13-15-29(16-14-28)26(32)19-7-9-20(10-8-19)30-12-11-24-22(17-30)21-3-1-2-4-23(21)27-24/h1-4,7-10,18,27H,5-6,11-17H2. The predicted molar refractivity (Wildman–Crippen MR) is 125 cm³/mol. The van der Waals surface area contributed by atoms with E-state index in [0.29, 0.717) is 26.2 Å². The largest absolute Gasteiger partial charge is 0.367 e. The average molecular weight is 429 g/mol. The van der Waals surface area contributed by atoms with E-state index >= 15 is 0 Å². The molecule has 0 bridgehead atoms. The first-order chi connectivity index (χ1) is 15.7. The number of aromatic nitrogens is 1. The van der Waals surface area contributed by atoms with Crippen molar-refractivity contribution in [3.8, 4) is 0 Å². The summed E-state index contributed by atoms with van der Waals surface area (Å²) in [5.74, 6) is 0.592. The lowest BCUT2D eigenvalue weighted by Crippen LogP contribution is -2.51. The van der Waals surface area contributed by atoms with Crippen LogP contribution in [0.1, 0.15) is 34.5 Å². The number of amides is 2. The summed E-state index contributed by atoms with van der Waals surface area (Å²) in [7, 11) is 0. The van der Waals surface area contributed by atoms with Crippen LogP contribution in [0.4, 0.5) is 5.69 Å². The van der Waals surface area contributed by atoms with E-state index in [1.54, 1.807) is 0 Å². The monoisotopic (exact) mass is 428 g/mol. The zero-order valence-corrected chi connectivity index (χ0v) is 18.2. The lowest BCUT2D eigenvalue weighted by Gasteiger charge is -2.35. The second-order valence-corrected chi connectivity index (χ2v) is 9.24. The average Bonchev–Trinajstić information content (AvgIpc) is 3.64. The summed E-state index contributed by atoms with van der Waals surface area (Å²) in [5.41, 5.74) is 5.80. The van der Waals surface area contributed by atoms with Crippen LogP contribution in [-0.4, -0.2) is 59.3 Å². The Morgan fingerprint density at radius 2 is 1.56 bits per heavy atom. The Bertz CT molecular complexity index is 1170. The Kier molecular flexibility index (Phi) is 4.67. The molecular weight excluding hydrogens is 400 g/mol. The van der Waals surface area contributed by atoms with Gasteiger partial charge >= 0.3 is 0 Å². The zero-order chi connectivity index (χ0) is 21.7. The van der Waals surface area contributed by atoms with Crippen molar-refractivity contribution in [2.24, 2.45) is 5.92 Å². The van der Waals surface area contributed by atoms with Gasteiger partial charge < -0.3 is 19.7 Å². The third kappa shape index (κ3) is 3.44. The molecule has 1 aliphatic carbocycles. The Balaban J connectivity index is 1.12. The van der Waals surface area contributed by atoms with Gasteiger partial charge in [-0.1, -0.05) is 18.2 Å². The highest BCUT2D eigenvalue weighted by molar-refractivity contribution is 5.95. The highest BCUT2D eigenvalue weighted by Crippen LogP contribution is 2.32. The maximum Gasteiger partial charge on any atom is 0.253 e. The SMILES string of the molecule is O=C(c1ccc(N2CCc3[nH]c4ccccc4c3C2)cc1)N1CCN(C(=O)C2CC2)CC1. The van der Waals surface area contributed by atoms with E-state index < -0.39 is 0 Å². The van der Waals surface area contributed by atoms with Crippen LogP contribution in [0.2, 0.25) is 0 Å². The predicted octanol–water partition coefficient (Wildman–Crippen LogP) is 3.43. The molecule has 2 aromatic carbocycles. The second-order valence-electron chi connectivity index (χ2n) is 9.24. The topological polar surface area (TPSA) is 59.7 Å². The molecule has 2 aliphatic heterocycles. The molecule has 2 amide bonds. The third-order valence-corrected chi connectivity index (χ3v) is 7.17. The van der Waals surface area contributed by atoms with Gasteiger partial charge in [0.15, 0.2) is 0 Å². The van der Waals surface area contributed by atoms with Gasteiger partial charge in [0.1, 0.15) is 0 Å². The number of carbonyl (C=O) groups excluding carboxylic acids is 2. The fraction of sp³-hybridized carbons (Fsp3) is 0.385. The number of rotatable bonds is 3. The molecule has 1 aromatic heterocycles. The summed E-state index contributed by atoms with van der Waals surface area (Å²) in [5, 5.41) is 1.30. The highest BCUT2D eigenvalue weighted by Gasteiger charge is 2.35. The number of aromatic amines is 1. The van der Waals surface area contributed by atoms with Gasteiger partial charge in [0.2, 0.25) is 5.91 Å². The van der Waals surface area contributed by atoms with Crippen molar-refractivity contribution in [1.29, 1.82) is 0 Å². The maximum absolute atomic E-state index is 13.0. The van der Waals surface area contributed by atoms with Gasteiger partial charge in [-0.3, -0.25) is 9.59 Å². The Morgan fingerprint density at radius 1 is 0.844 bits per heavy atom. The van der Waals surface area contributed by atoms with E-state index in [4.69, 9.17) is 0 Å². The summed E-state index contributed by atoms with van der Waals surface area (Å²) < 4.78 is 0. The second kappa shape index (κ2) is 7.69. The summed E-state index contributed by atoms with van der Waals surface area (Å²) in [6.07, 6.45) is 3.06. The molecule has 2 fully saturated rings. The molecule has 0 atom stereocenters.